The van der Waals surface area contributed by atoms with Gasteiger partial charge < -0.3 is 10.1 Å². The Hall–Kier alpha value is -1.55. The Morgan fingerprint density at radius 2 is 2.06 bits per heavy atom. The molecular weight excluding hydrogens is 246 g/mol. The highest BCUT2D eigenvalue weighted by Gasteiger charge is 2.31. The number of dihydropyridines is 1. The lowest BCUT2D eigenvalue weighted by atomic mass is 9.82. The van der Waals surface area contributed by atoms with E-state index in [2.05, 4.69) is 23.7 Å². The second kappa shape index (κ2) is 4.98. The van der Waals surface area contributed by atoms with Gasteiger partial charge in [-0.2, -0.15) is 11.3 Å². The van der Waals surface area contributed by atoms with Crippen molar-refractivity contribution >= 4 is 17.3 Å². The molecule has 1 aliphatic heterocycles. The van der Waals surface area contributed by atoms with Gasteiger partial charge in [-0.25, -0.2) is 4.79 Å². The molecule has 1 atom stereocenters. The first kappa shape index (κ1) is 12.9. The third kappa shape index (κ3) is 2.08. The van der Waals surface area contributed by atoms with Crippen molar-refractivity contribution < 1.29 is 9.53 Å². The van der Waals surface area contributed by atoms with Crippen molar-refractivity contribution in [2.75, 3.05) is 7.11 Å². The molecule has 0 fully saturated rings. The highest BCUT2D eigenvalue weighted by atomic mass is 32.1. The van der Waals surface area contributed by atoms with Gasteiger partial charge in [-0.05, 0) is 48.7 Å². The Morgan fingerprint density at radius 3 is 2.61 bits per heavy atom. The van der Waals surface area contributed by atoms with Crippen molar-refractivity contribution in [3.8, 4) is 0 Å². The van der Waals surface area contributed by atoms with E-state index in [0.717, 1.165) is 17.0 Å². The van der Waals surface area contributed by atoms with Crippen molar-refractivity contribution in [2.45, 2.75) is 26.7 Å². The summed E-state index contributed by atoms with van der Waals surface area (Å²) in [4.78, 5) is 12.0. The van der Waals surface area contributed by atoms with Crippen molar-refractivity contribution in [3.05, 3.63) is 44.9 Å². The molecule has 0 saturated carbocycles. The lowest BCUT2D eigenvalue weighted by molar-refractivity contribution is -0.136. The molecule has 1 aliphatic rings. The van der Waals surface area contributed by atoms with Gasteiger partial charge in [-0.3, -0.25) is 0 Å². The zero-order valence-corrected chi connectivity index (χ0v) is 11.9. The highest BCUT2D eigenvalue weighted by Crippen LogP contribution is 2.38. The first-order chi connectivity index (χ1) is 8.56. The van der Waals surface area contributed by atoms with Crippen molar-refractivity contribution in [3.63, 3.8) is 0 Å². The van der Waals surface area contributed by atoms with Gasteiger partial charge in [0.2, 0.25) is 0 Å². The standard InChI is InChI=1S/C14H17NO2S/c1-8-9(2)15-10(3)13(14(16)17-4)12(8)11-5-6-18-7-11/h5-7,12,15H,1-4H3. The number of hydrogen-bond acceptors (Lipinski definition) is 4. The van der Waals surface area contributed by atoms with Gasteiger partial charge in [-0.15, -0.1) is 0 Å². The molecule has 1 aromatic rings. The number of thiophene rings is 1. The summed E-state index contributed by atoms with van der Waals surface area (Å²) in [7, 11) is 1.42. The largest absolute Gasteiger partial charge is 0.466 e. The third-order valence-corrected chi connectivity index (χ3v) is 4.08. The maximum Gasteiger partial charge on any atom is 0.336 e. The van der Waals surface area contributed by atoms with Crippen LogP contribution in [0.3, 0.4) is 0 Å². The summed E-state index contributed by atoms with van der Waals surface area (Å²) < 4.78 is 4.92. The number of methoxy groups -OCH3 is 1. The summed E-state index contributed by atoms with van der Waals surface area (Å²) in [5.41, 5.74) is 5.01. The Bertz CT molecular complexity index is 526. The van der Waals surface area contributed by atoms with E-state index in [4.69, 9.17) is 4.74 Å². The van der Waals surface area contributed by atoms with Crippen LogP contribution in [0.25, 0.3) is 0 Å². The quantitative estimate of drug-likeness (QED) is 0.833. The van der Waals surface area contributed by atoms with Crippen LogP contribution in [0.4, 0.5) is 0 Å². The van der Waals surface area contributed by atoms with Gasteiger partial charge in [0.15, 0.2) is 0 Å². The molecule has 2 heterocycles. The Balaban J connectivity index is 2.54. The monoisotopic (exact) mass is 263 g/mol. The molecule has 0 radical (unpaired) electrons. The number of hydrogen-bond donors (Lipinski definition) is 1. The van der Waals surface area contributed by atoms with Crippen LogP contribution in [0, 0.1) is 0 Å². The van der Waals surface area contributed by atoms with Gasteiger partial charge in [0, 0.05) is 17.3 Å². The van der Waals surface area contributed by atoms with Crippen LogP contribution in [0.15, 0.2) is 39.4 Å². The fourth-order valence-electron chi connectivity index (χ4n) is 2.33. The molecule has 0 aromatic carbocycles. The SMILES string of the molecule is COC(=O)C1=C(C)NC(C)=C(C)C1c1ccsc1. The highest BCUT2D eigenvalue weighted by molar-refractivity contribution is 7.08. The smallest absolute Gasteiger partial charge is 0.336 e. The van der Waals surface area contributed by atoms with Crippen molar-refractivity contribution in [1.29, 1.82) is 0 Å². The zero-order valence-electron chi connectivity index (χ0n) is 11.0. The molecule has 1 aromatic heterocycles. The van der Waals surface area contributed by atoms with Gasteiger partial charge >= 0.3 is 5.97 Å². The topological polar surface area (TPSA) is 38.3 Å². The van der Waals surface area contributed by atoms with Gasteiger partial charge in [0.25, 0.3) is 0 Å². The average Bonchev–Trinajstić information content (AvgIpc) is 2.86. The minimum Gasteiger partial charge on any atom is -0.466 e. The fraction of sp³-hybridized carbons (Fsp3) is 0.357. The maximum atomic E-state index is 12.0. The predicted molar refractivity (Wildman–Crippen MR) is 73.3 cm³/mol. The molecule has 0 aliphatic carbocycles. The van der Waals surface area contributed by atoms with E-state index >= 15 is 0 Å². The molecule has 18 heavy (non-hydrogen) atoms. The van der Waals surface area contributed by atoms with Crippen LogP contribution in [0.2, 0.25) is 0 Å². The Kier molecular flexibility index (Phi) is 3.57. The summed E-state index contributed by atoms with van der Waals surface area (Å²) in [6, 6.07) is 2.06. The van der Waals surface area contributed by atoms with Gasteiger partial charge in [0.05, 0.1) is 12.7 Å². The number of carbonyl (C=O) groups is 1. The molecular formula is C14H17NO2S. The number of ether oxygens (including phenoxy) is 1. The normalized spacial score (nSPS) is 19.9. The molecule has 4 heteroatoms. The average molecular weight is 263 g/mol. The first-order valence-corrected chi connectivity index (χ1v) is 6.76. The molecule has 0 amide bonds. The molecule has 3 nitrogen and oxygen atoms in total. The maximum absolute atomic E-state index is 12.0. The number of nitrogens with one attached hydrogen (secondary N) is 1. The van der Waals surface area contributed by atoms with Crippen molar-refractivity contribution in [2.24, 2.45) is 0 Å². The van der Waals surface area contributed by atoms with E-state index in [-0.39, 0.29) is 11.9 Å². The van der Waals surface area contributed by atoms with Crippen LogP contribution >= 0.6 is 11.3 Å². The summed E-state index contributed by atoms with van der Waals surface area (Å²) >= 11 is 1.64. The molecule has 2 rings (SSSR count). The molecule has 0 saturated heterocycles. The molecule has 1 unspecified atom stereocenters. The number of allylic oxidation sites excluding steroid dienone is 3. The molecule has 0 bridgehead atoms. The third-order valence-electron chi connectivity index (χ3n) is 3.37. The zero-order chi connectivity index (χ0) is 13.3. The van der Waals surface area contributed by atoms with Crippen LogP contribution in [0.5, 0.6) is 0 Å². The van der Waals surface area contributed by atoms with E-state index in [1.54, 1.807) is 11.3 Å². The van der Waals surface area contributed by atoms with Crippen LogP contribution in [-0.4, -0.2) is 13.1 Å². The summed E-state index contributed by atoms with van der Waals surface area (Å²) in [5, 5.41) is 7.37. The summed E-state index contributed by atoms with van der Waals surface area (Å²) in [5.74, 6) is -0.256. The van der Waals surface area contributed by atoms with Crippen LogP contribution in [-0.2, 0) is 9.53 Å². The Labute approximate surface area is 111 Å². The lowest BCUT2D eigenvalue weighted by Gasteiger charge is -2.29. The van der Waals surface area contributed by atoms with Crippen LogP contribution < -0.4 is 5.32 Å². The van der Waals surface area contributed by atoms with Gasteiger partial charge in [-0.1, -0.05) is 0 Å². The summed E-state index contributed by atoms with van der Waals surface area (Å²) in [6.07, 6.45) is 0. The molecule has 0 spiro atoms. The van der Waals surface area contributed by atoms with E-state index in [0.29, 0.717) is 5.57 Å². The number of carbonyl (C=O) groups excluding carboxylic acids is 1. The van der Waals surface area contributed by atoms with Crippen molar-refractivity contribution in [1.82, 2.24) is 5.32 Å². The first-order valence-electron chi connectivity index (χ1n) is 5.81. The second-order valence-corrected chi connectivity index (χ2v) is 5.23. The van der Waals surface area contributed by atoms with Gasteiger partial charge in [0.1, 0.15) is 0 Å². The lowest BCUT2D eigenvalue weighted by Crippen LogP contribution is -2.27. The predicted octanol–water partition coefficient (Wildman–Crippen LogP) is 3.18. The number of esters is 1. The summed E-state index contributed by atoms with van der Waals surface area (Å²) in [6.45, 7) is 6.01. The van der Waals surface area contributed by atoms with E-state index < -0.39 is 0 Å². The minimum atomic E-state index is -0.261. The Morgan fingerprint density at radius 1 is 1.33 bits per heavy atom. The van der Waals surface area contributed by atoms with E-state index in [1.165, 1.54) is 12.7 Å². The van der Waals surface area contributed by atoms with E-state index in [1.807, 2.05) is 19.2 Å². The molecule has 1 N–H and O–H groups in total. The molecule has 96 valence electrons. The minimum absolute atomic E-state index is 0.00458. The number of rotatable bonds is 2. The fourth-order valence-corrected chi connectivity index (χ4v) is 3.02. The second-order valence-electron chi connectivity index (χ2n) is 4.45. The van der Waals surface area contributed by atoms with Crippen LogP contribution in [0.1, 0.15) is 32.3 Å². The van der Waals surface area contributed by atoms with E-state index in [9.17, 15) is 4.79 Å².